The zero-order valence-corrected chi connectivity index (χ0v) is 23.4. The van der Waals surface area contributed by atoms with Crippen molar-refractivity contribution in [3.8, 4) is 0 Å². The standard InChI is InChI=1S/C32H41N3O4/c1-4-39-32(38)30-24(3)35(29(36)21-28(30)26-14-6-5-7-15-26)22-25-13-10-16-27(20-25)31(37)33-17-11-19-34-18-9-8-12-23(34)2/h5-7,10,13-16,20,23,28H,4,8-9,11-12,17-19,21-22H2,1-3H3,(H,33,37). The Balaban J connectivity index is 1.44. The molecule has 2 atom stereocenters. The third-order valence-electron chi connectivity index (χ3n) is 7.90. The normalized spacial score (nSPS) is 20.2. The number of rotatable bonds is 10. The molecule has 7 nitrogen and oxygen atoms in total. The summed E-state index contributed by atoms with van der Waals surface area (Å²) in [5.74, 6) is -0.916. The minimum atomic E-state index is -0.395. The number of carbonyl (C=O) groups excluding carboxylic acids is 3. The highest BCUT2D eigenvalue weighted by atomic mass is 16.5. The third-order valence-corrected chi connectivity index (χ3v) is 7.90. The van der Waals surface area contributed by atoms with Crippen LogP contribution in [-0.4, -0.2) is 59.9 Å². The molecule has 0 spiro atoms. The Kier molecular flexibility index (Phi) is 9.93. The van der Waals surface area contributed by atoms with E-state index in [9.17, 15) is 14.4 Å². The van der Waals surface area contributed by atoms with Gasteiger partial charge in [0.05, 0.1) is 18.7 Å². The second kappa shape index (κ2) is 13.6. The van der Waals surface area contributed by atoms with Crippen LogP contribution >= 0.6 is 0 Å². The summed E-state index contributed by atoms with van der Waals surface area (Å²) in [4.78, 5) is 43.4. The molecule has 2 aromatic carbocycles. The molecule has 2 aliphatic rings. The largest absolute Gasteiger partial charge is 0.463 e. The maximum absolute atomic E-state index is 13.3. The lowest BCUT2D eigenvalue weighted by Gasteiger charge is -2.34. The van der Waals surface area contributed by atoms with Gasteiger partial charge in [0.15, 0.2) is 0 Å². The van der Waals surface area contributed by atoms with Crippen molar-refractivity contribution in [2.45, 2.75) is 71.4 Å². The maximum atomic E-state index is 13.3. The van der Waals surface area contributed by atoms with Crippen molar-refractivity contribution in [1.29, 1.82) is 0 Å². The van der Waals surface area contributed by atoms with Crippen molar-refractivity contribution < 1.29 is 19.1 Å². The highest BCUT2D eigenvalue weighted by Gasteiger charge is 2.36. The number of piperidine rings is 1. The number of benzene rings is 2. The Hall–Kier alpha value is -3.45. The Labute approximate surface area is 232 Å². The minimum Gasteiger partial charge on any atom is -0.463 e. The first-order valence-electron chi connectivity index (χ1n) is 14.2. The first-order valence-corrected chi connectivity index (χ1v) is 14.2. The highest BCUT2D eigenvalue weighted by Crippen LogP contribution is 2.37. The van der Waals surface area contributed by atoms with Crippen molar-refractivity contribution >= 4 is 17.8 Å². The summed E-state index contributed by atoms with van der Waals surface area (Å²) >= 11 is 0. The summed E-state index contributed by atoms with van der Waals surface area (Å²) < 4.78 is 5.39. The fourth-order valence-electron chi connectivity index (χ4n) is 5.72. The molecule has 1 fully saturated rings. The molecule has 2 heterocycles. The SMILES string of the molecule is CCOC(=O)C1=C(C)N(Cc2cccc(C(=O)NCCCN3CCCCC3C)c2)C(=O)CC1c1ccccc1. The molecule has 2 aliphatic heterocycles. The van der Waals surface area contributed by atoms with Crippen LogP contribution in [0.3, 0.4) is 0 Å². The van der Waals surface area contributed by atoms with Gasteiger partial charge < -0.3 is 19.9 Å². The van der Waals surface area contributed by atoms with Gasteiger partial charge in [0.1, 0.15) is 0 Å². The molecule has 208 valence electrons. The molecule has 7 heteroatoms. The lowest BCUT2D eigenvalue weighted by atomic mass is 9.83. The summed E-state index contributed by atoms with van der Waals surface area (Å²) in [5, 5.41) is 3.05. The fraction of sp³-hybridized carbons (Fsp3) is 0.469. The monoisotopic (exact) mass is 531 g/mol. The number of nitrogens with one attached hydrogen (secondary N) is 1. The minimum absolute atomic E-state index is 0.0591. The molecule has 0 bridgehead atoms. The molecule has 39 heavy (non-hydrogen) atoms. The molecule has 0 aliphatic carbocycles. The molecule has 0 aromatic heterocycles. The van der Waals surface area contributed by atoms with Gasteiger partial charge in [0, 0.05) is 42.7 Å². The maximum Gasteiger partial charge on any atom is 0.336 e. The van der Waals surface area contributed by atoms with Crippen LogP contribution < -0.4 is 5.32 Å². The van der Waals surface area contributed by atoms with E-state index in [1.165, 1.54) is 19.3 Å². The topological polar surface area (TPSA) is 79.0 Å². The van der Waals surface area contributed by atoms with E-state index >= 15 is 0 Å². The van der Waals surface area contributed by atoms with E-state index in [1.807, 2.05) is 48.5 Å². The molecule has 0 saturated carbocycles. The van der Waals surface area contributed by atoms with E-state index in [2.05, 4.69) is 17.1 Å². The molecule has 2 amide bonds. The van der Waals surface area contributed by atoms with Gasteiger partial charge in [-0.2, -0.15) is 0 Å². The lowest BCUT2D eigenvalue weighted by molar-refractivity contribution is -0.140. The Bertz CT molecular complexity index is 1190. The van der Waals surface area contributed by atoms with Gasteiger partial charge in [-0.05, 0) is 69.8 Å². The number of nitrogens with zero attached hydrogens (tertiary/aromatic N) is 2. The molecule has 0 radical (unpaired) electrons. The van der Waals surface area contributed by atoms with Crippen molar-refractivity contribution in [2.75, 3.05) is 26.2 Å². The van der Waals surface area contributed by atoms with Crippen LogP contribution in [0.25, 0.3) is 0 Å². The molecule has 2 aromatic rings. The number of carbonyl (C=O) groups is 3. The van der Waals surface area contributed by atoms with E-state index in [4.69, 9.17) is 4.74 Å². The van der Waals surface area contributed by atoms with Crippen LogP contribution in [0.4, 0.5) is 0 Å². The lowest BCUT2D eigenvalue weighted by Crippen LogP contribution is -2.39. The van der Waals surface area contributed by atoms with Gasteiger partial charge in [-0.1, -0.05) is 48.9 Å². The van der Waals surface area contributed by atoms with Crippen LogP contribution in [0.15, 0.2) is 65.9 Å². The van der Waals surface area contributed by atoms with Gasteiger partial charge in [-0.15, -0.1) is 0 Å². The Morgan fingerprint density at radius 1 is 1.08 bits per heavy atom. The molecule has 1 N–H and O–H groups in total. The van der Waals surface area contributed by atoms with Crippen molar-refractivity contribution in [1.82, 2.24) is 15.1 Å². The smallest absolute Gasteiger partial charge is 0.336 e. The first kappa shape index (κ1) is 28.6. The number of likely N-dealkylation sites (tertiary alicyclic amines) is 1. The van der Waals surface area contributed by atoms with Crippen LogP contribution in [0.2, 0.25) is 0 Å². The zero-order chi connectivity index (χ0) is 27.8. The number of allylic oxidation sites excluding steroid dienone is 1. The highest BCUT2D eigenvalue weighted by molar-refractivity contribution is 5.96. The number of ether oxygens (including phenoxy) is 1. The van der Waals surface area contributed by atoms with Crippen LogP contribution in [0, 0.1) is 0 Å². The molecular formula is C32H41N3O4. The zero-order valence-electron chi connectivity index (χ0n) is 23.4. The summed E-state index contributed by atoms with van der Waals surface area (Å²) in [6.45, 7) is 9.18. The van der Waals surface area contributed by atoms with E-state index < -0.39 is 5.97 Å². The number of hydrogen-bond acceptors (Lipinski definition) is 5. The van der Waals surface area contributed by atoms with Crippen LogP contribution in [-0.2, 0) is 20.9 Å². The predicted octanol–water partition coefficient (Wildman–Crippen LogP) is 5.03. The van der Waals surface area contributed by atoms with Gasteiger partial charge in [-0.3, -0.25) is 9.59 Å². The molecular weight excluding hydrogens is 490 g/mol. The van der Waals surface area contributed by atoms with Gasteiger partial charge in [0.2, 0.25) is 5.91 Å². The van der Waals surface area contributed by atoms with E-state index in [1.54, 1.807) is 24.8 Å². The van der Waals surface area contributed by atoms with Gasteiger partial charge >= 0.3 is 5.97 Å². The first-order chi connectivity index (χ1) is 18.9. The number of hydrogen-bond donors (Lipinski definition) is 1. The Morgan fingerprint density at radius 2 is 1.87 bits per heavy atom. The van der Waals surface area contributed by atoms with E-state index in [0.29, 0.717) is 29.4 Å². The molecule has 4 rings (SSSR count). The van der Waals surface area contributed by atoms with Crippen molar-refractivity contribution in [3.63, 3.8) is 0 Å². The van der Waals surface area contributed by atoms with Gasteiger partial charge in [0.25, 0.3) is 5.91 Å². The second-order valence-corrected chi connectivity index (χ2v) is 10.6. The predicted molar refractivity (Wildman–Crippen MR) is 152 cm³/mol. The van der Waals surface area contributed by atoms with E-state index in [-0.39, 0.29) is 37.3 Å². The van der Waals surface area contributed by atoms with E-state index in [0.717, 1.165) is 30.6 Å². The number of esters is 1. The van der Waals surface area contributed by atoms with Crippen molar-refractivity contribution in [2.24, 2.45) is 0 Å². The van der Waals surface area contributed by atoms with Crippen LogP contribution in [0.5, 0.6) is 0 Å². The third kappa shape index (κ3) is 7.15. The molecule has 1 saturated heterocycles. The summed E-state index contributed by atoms with van der Waals surface area (Å²) in [6, 6.07) is 17.6. The average Bonchev–Trinajstić information content (AvgIpc) is 2.94. The second-order valence-electron chi connectivity index (χ2n) is 10.6. The molecule has 2 unspecified atom stereocenters. The summed E-state index contributed by atoms with van der Waals surface area (Å²) in [5.41, 5.74) is 3.43. The van der Waals surface area contributed by atoms with Crippen molar-refractivity contribution in [3.05, 3.63) is 82.6 Å². The summed E-state index contributed by atoms with van der Waals surface area (Å²) in [6.07, 6.45) is 4.92. The van der Waals surface area contributed by atoms with Gasteiger partial charge in [-0.25, -0.2) is 4.79 Å². The average molecular weight is 532 g/mol. The quantitative estimate of drug-likeness (QED) is 0.344. The Morgan fingerprint density at radius 3 is 2.62 bits per heavy atom. The number of amides is 2. The van der Waals surface area contributed by atoms with Crippen LogP contribution in [0.1, 0.15) is 80.3 Å². The summed E-state index contributed by atoms with van der Waals surface area (Å²) in [7, 11) is 0. The fourth-order valence-corrected chi connectivity index (χ4v) is 5.72.